The molecule has 0 amide bonds. The maximum atomic E-state index is 5.68. The molecule has 1 aliphatic rings. The Balaban J connectivity index is 1.75. The van der Waals surface area contributed by atoms with Gasteiger partial charge in [0.05, 0.1) is 19.4 Å². The van der Waals surface area contributed by atoms with Crippen LogP contribution in [0.5, 0.6) is 5.88 Å². The van der Waals surface area contributed by atoms with Gasteiger partial charge in [0.25, 0.3) is 0 Å². The van der Waals surface area contributed by atoms with Crippen molar-refractivity contribution in [2.24, 2.45) is 0 Å². The lowest BCUT2D eigenvalue weighted by atomic mass is 10.2. The van der Waals surface area contributed by atoms with Crippen molar-refractivity contribution in [2.75, 3.05) is 18.5 Å². The Kier molecular flexibility index (Phi) is 4.90. The number of nitrogens with one attached hydrogen (secondary N) is 1. The van der Waals surface area contributed by atoms with Gasteiger partial charge in [-0.1, -0.05) is 6.92 Å². The molecule has 0 radical (unpaired) electrons. The van der Waals surface area contributed by atoms with Gasteiger partial charge < -0.3 is 19.2 Å². The van der Waals surface area contributed by atoms with Gasteiger partial charge in [0.1, 0.15) is 17.7 Å². The van der Waals surface area contributed by atoms with Crippen molar-refractivity contribution in [3.63, 3.8) is 0 Å². The van der Waals surface area contributed by atoms with Crippen LogP contribution in [0.2, 0.25) is 0 Å². The van der Waals surface area contributed by atoms with Gasteiger partial charge in [-0.2, -0.15) is 4.98 Å². The Labute approximate surface area is 129 Å². The first kappa shape index (κ1) is 14.8. The molecule has 6 heteroatoms. The molecule has 118 valence electrons. The van der Waals surface area contributed by atoms with Crippen LogP contribution in [0.15, 0.2) is 28.9 Å². The van der Waals surface area contributed by atoms with Gasteiger partial charge in [0.15, 0.2) is 5.82 Å². The van der Waals surface area contributed by atoms with Crippen molar-refractivity contribution in [1.82, 2.24) is 9.97 Å². The van der Waals surface area contributed by atoms with Crippen molar-refractivity contribution in [3.05, 3.63) is 36.0 Å². The molecule has 1 atom stereocenters. The standard InChI is InChI=1S/C16H21N3O3/c1-2-7-22-15-10-14(17-11-12-5-3-8-20-12)18-16(19-15)13-6-4-9-21-13/h3,5,8,10,13H,2,4,6-7,9,11H2,1H3,(H,17,18,19). The van der Waals surface area contributed by atoms with Crippen LogP contribution in [-0.4, -0.2) is 23.2 Å². The first-order chi connectivity index (χ1) is 10.8. The maximum Gasteiger partial charge on any atom is 0.218 e. The fourth-order valence-corrected chi connectivity index (χ4v) is 2.33. The van der Waals surface area contributed by atoms with Gasteiger partial charge in [-0.25, -0.2) is 4.98 Å². The Bertz CT molecular complexity index is 580. The van der Waals surface area contributed by atoms with Crippen LogP contribution in [0, 0.1) is 0 Å². The van der Waals surface area contributed by atoms with Crippen LogP contribution >= 0.6 is 0 Å². The van der Waals surface area contributed by atoms with Gasteiger partial charge >= 0.3 is 0 Å². The average molecular weight is 303 g/mol. The van der Waals surface area contributed by atoms with E-state index in [0.717, 1.165) is 37.4 Å². The van der Waals surface area contributed by atoms with Gasteiger partial charge in [-0.15, -0.1) is 0 Å². The number of rotatable bonds is 7. The molecule has 0 aromatic carbocycles. The third-order valence-corrected chi connectivity index (χ3v) is 3.42. The average Bonchev–Trinajstić information content (AvgIpc) is 3.23. The van der Waals surface area contributed by atoms with Gasteiger partial charge in [0, 0.05) is 12.7 Å². The highest BCUT2D eigenvalue weighted by Gasteiger charge is 2.22. The molecule has 0 saturated carbocycles. The van der Waals surface area contributed by atoms with E-state index in [4.69, 9.17) is 13.9 Å². The highest BCUT2D eigenvalue weighted by molar-refractivity contribution is 5.39. The van der Waals surface area contributed by atoms with Gasteiger partial charge in [-0.3, -0.25) is 0 Å². The largest absolute Gasteiger partial charge is 0.478 e. The Morgan fingerprint density at radius 1 is 1.41 bits per heavy atom. The minimum Gasteiger partial charge on any atom is -0.478 e. The molecule has 0 bridgehead atoms. The predicted octanol–water partition coefficient (Wildman–Crippen LogP) is 3.32. The van der Waals surface area contributed by atoms with E-state index in [1.807, 2.05) is 18.2 Å². The number of anilines is 1. The van der Waals surface area contributed by atoms with Gasteiger partial charge in [-0.05, 0) is 31.4 Å². The Morgan fingerprint density at radius 3 is 3.09 bits per heavy atom. The summed E-state index contributed by atoms with van der Waals surface area (Å²) in [5, 5.41) is 3.25. The second kappa shape index (κ2) is 7.26. The summed E-state index contributed by atoms with van der Waals surface area (Å²) in [6.07, 6.45) is 4.56. The summed E-state index contributed by atoms with van der Waals surface area (Å²) >= 11 is 0. The van der Waals surface area contributed by atoms with Gasteiger partial charge in [0.2, 0.25) is 5.88 Å². The summed E-state index contributed by atoms with van der Waals surface area (Å²) in [6, 6.07) is 5.60. The zero-order valence-corrected chi connectivity index (χ0v) is 12.7. The zero-order chi connectivity index (χ0) is 15.2. The number of furan rings is 1. The molecule has 2 aromatic heterocycles. The molecule has 1 aliphatic heterocycles. The molecule has 1 N–H and O–H groups in total. The second-order valence-corrected chi connectivity index (χ2v) is 5.23. The van der Waals surface area contributed by atoms with Crippen LogP contribution in [-0.2, 0) is 11.3 Å². The third kappa shape index (κ3) is 3.76. The summed E-state index contributed by atoms with van der Waals surface area (Å²) in [6.45, 7) is 4.04. The summed E-state index contributed by atoms with van der Waals surface area (Å²) in [4.78, 5) is 9.03. The normalized spacial score (nSPS) is 17.6. The SMILES string of the molecule is CCCOc1cc(NCc2ccco2)nc(C2CCCO2)n1. The molecule has 0 spiro atoms. The molecule has 1 unspecified atom stereocenters. The molecule has 22 heavy (non-hydrogen) atoms. The topological polar surface area (TPSA) is 69.4 Å². The number of nitrogens with zero attached hydrogens (tertiary/aromatic N) is 2. The minimum absolute atomic E-state index is 0.0330. The molecule has 3 heterocycles. The summed E-state index contributed by atoms with van der Waals surface area (Å²) in [7, 11) is 0. The van der Waals surface area contributed by atoms with Crippen LogP contribution in [0.1, 0.15) is 43.9 Å². The first-order valence-corrected chi connectivity index (χ1v) is 7.75. The van der Waals surface area contributed by atoms with E-state index in [2.05, 4.69) is 22.2 Å². The molecular formula is C16H21N3O3. The molecule has 0 aliphatic carbocycles. The smallest absolute Gasteiger partial charge is 0.218 e. The number of ether oxygens (including phenoxy) is 2. The number of aromatic nitrogens is 2. The van der Waals surface area contributed by atoms with E-state index in [1.165, 1.54) is 0 Å². The maximum absolute atomic E-state index is 5.68. The van der Waals surface area contributed by atoms with Crippen molar-refractivity contribution in [3.8, 4) is 5.88 Å². The fourth-order valence-electron chi connectivity index (χ4n) is 2.33. The summed E-state index contributed by atoms with van der Waals surface area (Å²) in [5.74, 6) is 2.86. The summed E-state index contributed by atoms with van der Waals surface area (Å²) < 4.78 is 16.7. The monoisotopic (exact) mass is 303 g/mol. The summed E-state index contributed by atoms with van der Waals surface area (Å²) in [5.41, 5.74) is 0. The van der Waals surface area contributed by atoms with Crippen LogP contribution in [0.25, 0.3) is 0 Å². The number of hydrogen-bond donors (Lipinski definition) is 1. The second-order valence-electron chi connectivity index (χ2n) is 5.23. The predicted molar refractivity (Wildman–Crippen MR) is 81.8 cm³/mol. The highest BCUT2D eigenvalue weighted by atomic mass is 16.5. The van der Waals surface area contributed by atoms with Crippen molar-refractivity contribution in [1.29, 1.82) is 0 Å². The minimum atomic E-state index is -0.0330. The molecule has 1 fully saturated rings. The lowest BCUT2D eigenvalue weighted by molar-refractivity contribution is 0.104. The van der Waals surface area contributed by atoms with Crippen molar-refractivity contribution >= 4 is 5.82 Å². The lowest BCUT2D eigenvalue weighted by Gasteiger charge is -2.13. The van der Waals surface area contributed by atoms with E-state index >= 15 is 0 Å². The number of hydrogen-bond acceptors (Lipinski definition) is 6. The van der Waals surface area contributed by atoms with E-state index in [1.54, 1.807) is 6.26 Å². The van der Waals surface area contributed by atoms with Crippen molar-refractivity contribution < 1.29 is 13.9 Å². The Morgan fingerprint density at radius 2 is 2.36 bits per heavy atom. The van der Waals surface area contributed by atoms with Crippen LogP contribution < -0.4 is 10.1 Å². The lowest BCUT2D eigenvalue weighted by Crippen LogP contribution is -2.09. The molecule has 2 aromatic rings. The quantitative estimate of drug-likeness (QED) is 0.846. The van der Waals surface area contributed by atoms with Crippen LogP contribution in [0.4, 0.5) is 5.82 Å². The third-order valence-electron chi connectivity index (χ3n) is 3.42. The molecule has 6 nitrogen and oxygen atoms in total. The Hall–Kier alpha value is -2.08. The van der Waals surface area contributed by atoms with E-state index in [-0.39, 0.29) is 6.10 Å². The van der Waals surface area contributed by atoms with Crippen LogP contribution in [0.3, 0.4) is 0 Å². The fraction of sp³-hybridized carbons (Fsp3) is 0.500. The van der Waals surface area contributed by atoms with Crippen molar-refractivity contribution in [2.45, 2.75) is 38.8 Å². The molecule has 1 saturated heterocycles. The van der Waals surface area contributed by atoms with E-state index < -0.39 is 0 Å². The zero-order valence-electron chi connectivity index (χ0n) is 12.7. The van der Waals surface area contributed by atoms with E-state index in [9.17, 15) is 0 Å². The van der Waals surface area contributed by atoms with E-state index in [0.29, 0.717) is 24.9 Å². The first-order valence-electron chi connectivity index (χ1n) is 7.75. The molecule has 3 rings (SSSR count). The highest BCUT2D eigenvalue weighted by Crippen LogP contribution is 2.28. The molecular weight excluding hydrogens is 282 g/mol.